The lowest BCUT2D eigenvalue weighted by molar-refractivity contribution is 0.130. The molecule has 3 N–H and O–H groups in total. The number of aliphatic hydroxyl groups excluding tert-OH is 1. The van der Waals surface area contributed by atoms with Gasteiger partial charge in [0.05, 0.1) is 12.1 Å². The molecule has 31 heavy (non-hydrogen) atoms. The summed E-state index contributed by atoms with van der Waals surface area (Å²) in [6.07, 6.45) is 4.88. The van der Waals surface area contributed by atoms with Crippen LogP contribution in [-0.2, 0) is 19.4 Å². The van der Waals surface area contributed by atoms with E-state index >= 15 is 0 Å². The number of aliphatic hydroxyl groups is 1. The Bertz CT molecular complexity index is 863. The number of rotatable bonds is 12. The molecule has 2 unspecified atom stereocenters. The first-order valence-corrected chi connectivity index (χ1v) is 10.8. The number of allylic oxidation sites excluding steroid dienone is 2. The average molecular weight is 430 g/mol. The molecule has 2 aromatic rings. The lowest BCUT2D eigenvalue weighted by Crippen LogP contribution is -2.46. The molecule has 0 radical (unpaired) electrons. The zero-order chi connectivity index (χ0) is 22.6. The molecule has 6 heteroatoms. The third-order valence-corrected chi connectivity index (χ3v) is 4.97. The van der Waals surface area contributed by atoms with Crippen LogP contribution in [0.1, 0.15) is 37.0 Å². The number of benzene rings is 2. The number of nitrogens with zero attached hydrogens (tertiary/aromatic N) is 1. The summed E-state index contributed by atoms with van der Waals surface area (Å²) in [4.78, 5) is 4.05. The van der Waals surface area contributed by atoms with Crippen LogP contribution < -0.4 is 10.6 Å². The van der Waals surface area contributed by atoms with Crippen LogP contribution in [0.3, 0.4) is 0 Å². The summed E-state index contributed by atoms with van der Waals surface area (Å²) in [7, 11) is 1.67. The molecule has 0 saturated carbocycles. The van der Waals surface area contributed by atoms with Crippen molar-refractivity contribution in [3.8, 4) is 0 Å². The van der Waals surface area contributed by atoms with Crippen LogP contribution in [-0.4, -0.2) is 37.1 Å². The van der Waals surface area contributed by atoms with E-state index < -0.39 is 23.8 Å². The van der Waals surface area contributed by atoms with Crippen molar-refractivity contribution in [2.24, 2.45) is 4.99 Å². The van der Waals surface area contributed by atoms with Gasteiger partial charge in [-0.3, -0.25) is 4.99 Å². The maximum absolute atomic E-state index is 13.7. The Labute approximate surface area is 184 Å². The lowest BCUT2D eigenvalue weighted by Gasteiger charge is -2.26. The third kappa shape index (κ3) is 8.59. The molecule has 0 aromatic heterocycles. The molecule has 0 fully saturated rings. The zero-order valence-corrected chi connectivity index (χ0v) is 18.5. The van der Waals surface area contributed by atoms with Gasteiger partial charge in [0.25, 0.3) is 0 Å². The van der Waals surface area contributed by atoms with Gasteiger partial charge in [-0.15, -0.1) is 0 Å². The zero-order valence-electron chi connectivity index (χ0n) is 18.5. The Morgan fingerprint density at radius 2 is 1.77 bits per heavy atom. The first-order chi connectivity index (χ1) is 14.9. The maximum atomic E-state index is 13.7. The van der Waals surface area contributed by atoms with Crippen LogP contribution in [0.15, 0.2) is 59.2 Å². The Kier molecular flexibility index (Phi) is 10.3. The number of aliphatic imine (C=N–C) groups is 1. The van der Waals surface area contributed by atoms with Crippen LogP contribution in [0.5, 0.6) is 0 Å². The highest BCUT2D eigenvalue weighted by Gasteiger charge is 2.21. The highest BCUT2D eigenvalue weighted by atomic mass is 19.1. The van der Waals surface area contributed by atoms with Crippen molar-refractivity contribution >= 4 is 6.21 Å². The van der Waals surface area contributed by atoms with Gasteiger partial charge in [-0.05, 0) is 48.1 Å². The topological polar surface area (TPSA) is 56.7 Å². The number of hydrogen-bond donors (Lipinski definition) is 3. The van der Waals surface area contributed by atoms with Gasteiger partial charge in [-0.1, -0.05) is 44.2 Å². The predicted octanol–water partition coefficient (Wildman–Crippen LogP) is 4.17. The molecule has 168 valence electrons. The monoisotopic (exact) mass is 429 g/mol. The fourth-order valence-corrected chi connectivity index (χ4v) is 3.45. The standard InChI is InChI=1S/C25H33F2N3O/c1-4-7-23(16-28-3)30-24(13-20-11-21(26)14-22(27)12-20)25(31)17-29-15-19-9-6-8-18(5-2)10-19/h6-12,14,16,24-25,29-31H,4-5,13,15,17H2,1-3H3/b23-7+,28-16?. The summed E-state index contributed by atoms with van der Waals surface area (Å²) in [5.41, 5.74) is 3.66. The van der Waals surface area contributed by atoms with E-state index in [0.29, 0.717) is 18.7 Å². The second-order valence-corrected chi connectivity index (χ2v) is 7.56. The molecule has 0 aliphatic heterocycles. The average Bonchev–Trinajstić information content (AvgIpc) is 2.73. The molecular weight excluding hydrogens is 396 g/mol. The molecule has 0 spiro atoms. The molecule has 2 atom stereocenters. The first-order valence-electron chi connectivity index (χ1n) is 10.8. The first kappa shape index (κ1) is 24.7. The van der Waals surface area contributed by atoms with E-state index in [1.807, 2.05) is 25.1 Å². The van der Waals surface area contributed by atoms with Crippen LogP contribution in [0.4, 0.5) is 8.78 Å². The molecule has 4 nitrogen and oxygen atoms in total. The SMILES string of the molecule is CC/C=C(\C=NC)NC(Cc1cc(F)cc(F)c1)C(O)CNCc1cccc(CC)c1. The van der Waals surface area contributed by atoms with Crippen molar-refractivity contribution in [3.05, 3.63) is 82.6 Å². The highest BCUT2D eigenvalue weighted by Crippen LogP contribution is 2.13. The Hall–Kier alpha value is -2.57. The van der Waals surface area contributed by atoms with E-state index in [2.05, 4.69) is 34.7 Å². The molecule has 0 aliphatic rings. The van der Waals surface area contributed by atoms with Gasteiger partial charge >= 0.3 is 0 Å². The largest absolute Gasteiger partial charge is 0.390 e. The summed E-state index contributed by atoms with van der Waals surface area (Å²) in [5, 5.41) is 17.5. The summed E-state index contributed by atoms with van der Waals surface area (Å²) in [6.45, 7) is 5.07. The quantitative estimate of drug-likeness (QED) is 0.444. The molecule has 0 bridgehead atoms. The minimum Gasteiger partial charge on any atom is -0.390 e. The van der Waals surface area contributed by atoms with Gasteiger partial charge in [0.2, 0.25) is 0 Å². The lowest BCUT2D eigenvalue weighted by atomic mass is 10.00. The summed E-state index contributed by atoms with van der Waals surface area (Å²) >= 11 is 0. The number of aryl methyl sites for hydroxylation is 1. The Morgan fingerprint density at radius 1 is 1.06 bits per heavy atom. The summed E-state index contributed by atoms with van der Waals surface area (Å²) in [6, 6.07) is 11.3. The molecule has 2 aromatic carbocycles. The number of hydrogen-bond acceptors (Lipinski definition) is 4. The second kappa shape index (κ2) is 13.0. The minimum absolute atomic E-state index is 0.265. The van der Waals surface area contributed by atoms with Crippen molar-refractivity contribution in [1.29, 1.82) is 0 Å². The molecule has 0 aliphatic carbocycles. The molecule has 0 saturated heterocycles. The summed E-state index contributed by atoms with van der Waals surface area (Å²) < 4.78 is 27.3. The highest BCUT2D eigenvalue weighted by molar-refractivity contribution is 5.77. The number of nitrogens with one attached hydrogen (secondary N) is 2. The minimum atomic E-state index is -0.786. The van der Waals surface area contributed by atoms with Crippen LogP contribution in [0, 0.1) is 11.6 Å². The van der Waals surface area contributed by atoms with E-state index in [-0.39, 0.29) is 6.42 Å². The van der Waals surface area contributed by atoms with Crippen molar-refractivity contribution in [2.75, 3.05) is 13.6 Å². The van der Waals surface area contributed by atoms with Crippen molar-refractivity contribution in [2.45, 2.75) is 51.8 Å². The van der Waals surface area contributed by atoms with Crippen LogP contribution in [0.25, 0.3) is 0 Å². The van der Waals surface area contributed by atoms with E-state index in [4.69, 9.17) is 0 Å². The van der Waals surface area contributed by atoms with Gasteiger partial charge in [0, 0.05) is 38.1 Å². The van der Waals surface area contributed by atoms with Crippen molar-refractivity contribution < 1.29 is 13.9 Å². The van der Waals surface area contributed by atoms with Gasteiger partial charge in [-0.25, -0.2) is 8.78 Å². The fraction of sp³-hybridized carbons (Fsp3) is 0.400. The van der Waals surface area contributed by atoms with Crippen molar-refractivity contribution in [3.63, 3.8) is 0 Å². The van der Waals surface area contributed by atoms with E-state index in [0.717, 1.165) is 30.2 Å². The molecular formula is C25H33F2N3O. The van der Waals surface area contributed by atoms with Gasteiger partial charge in [0.15, 0.2) is 0 Å². The molecule has 0 heterocycles. The number of halogens is 2. The van der Waals surface area contributed by atoms with Gasteiger partial charge in [0.1, 0.15) is 11.6 Å². The molecule has 2 rings (SSSR count). The Balaban J connectivity index is 2.10. The third-order valence-electron chi connectivity index (χ3n) is 4.97. The van der Waals surface area contributed by atoms with Gasteiger partial charge in [-0.2, -0.15) is 0 Å². The van der Waals surface area contributed by atoms with E-state index in [1.165, 1.54) is 17.7 Å². The van der Waals surface area contributed by atoms with Crippen LogP contribution >= 0.6 is 0 Å². The smallest absolute Gasteiger partial charge is 0.126 e. The van der Waals surface area contributed by atoms with Gasteiger partial charge < -0.3 is 15.7 Å². The second-order valence-electron chi connectivity index (χ2n) is 7.56. The normalized spacial score (nSPS) is 14.1. The molecule has 0 amide bonds. The van der Waals surface area contributed by atoms with Crippen LogP contribution in [0.2, 0.25) is 0 Å². The Morgan fingerprint density at radius 3 is 2.42 bits per heavy atom. The van der Waals surface area contributed by atoms with E-state index in [1.54, 1.807) is 13.3 Å². The fourth-order valence-electron chi connectivity index (χ4n) is 3.45. The maximum Gasteiger partial charge on any atom is 0.126 e. The summed E-state index contributed by atoms with van der Waals surface area (Å²) in [5.74, 6) is -1.26. The van der Waals surface area contributed by atoms with Crippen molar-refractivity contribution in [1.82, 2.24) is 10.6 Å². The predicted molar refractivity (Wildman–Crippen MR) is 123 cm³/mol. The van der Waals surface area contributed by atoms with E-state index in [9.17, 15) is 13.9 Å².